The molecule has 0 aliphatic carbocycles. The molecular formula is C28H28F3N5S. The van der Waals surface area contributed by atoms with Gasteiger partial charge in [0.25, 0.3) is 0 Å². The van der Waals surface area contributed by atoms with Crippen LogP contribution in [-0.4, -0.2) is 28.0 Å². The molecule has 2 aromatic heterocycles. The first-order chi connectivity index (χ1) is 17.8. The van der Waals surface area contributed by atoms with Gasteiger partial charge in [0, 0.05) is 24.8 Å². The third kappa shape index (κ3) is 5.77. The number of anilines is 2. The second kappa shape index (κ2) is 10.5. The van der Waals surface area contributed by atoms with E-state index in [-0.39, 0.29) is 6.04 Å². The highest BCUT2D eigenvalue weighted by Crippen LogP contribution is 2.42. The highest BCUT2D eigenvalue weighted by Gasteiger charge is 2.31. The molecule has 9 heteroatoms. The summed E-state index contributed by atoms with van der Waals surface area (Å²) in [6, 6.07) is 17.1. The van der Waals surface area contributed by atoms with Crippen LogP contribution in [0.5, 0.6) is 0 Å². The first-order valence-corrected chi connectivity index (χ1v) is 13.2. The van der Waals surface area contributed by atoms with E-state index in [0.29, 0.717) is 28.8 Å². The Morgan fingerprint density at radius 2 is 1.76 bits per heavy atom. The SMILES string of the molecule is CC1CCN(c2nc(-c3cccc(C(F)(F)F)c3)c(-c3ccnc(N[C@@H](C)c4ccccc4)n3)s2)CC1. The lowest BCUT2D eigenvalue weighted by molar-refractivity contribution is -0.137. The number of aromatic nitrogens is 3. The van der Waals surface area contributed by atoms with Crippen molar-refractivity contribution in [2.24, 2.45) is 5.92 Å². The van der Waals surface area contributed by atoms with E-state index in [2.05, 4.69) is 22.1 Å². The van der Waals surface area contributed by atoms with Gasteiger partial charge >= 0.3 is 6.18 Å². The van der Waals surface area contributed by atoms with Crippen molar-refractivity contribution in [1.82, 2.24) is 15.0 Å². The van der Waals surface area contributed by atoms with Crippen LogP contribution >= 0.6 is 11.3 Å². The topological polar surface area (TPSA) is 53.9 Å². The standard InChI is InChI=1S/C28H28F3N5S/c1-18-12-15-36(16-13-18)27-35-24(21-9-6-10-22(17-21)28(29,30)31)25(37-27)23-11-14-32-26(34-23)33-19(2)20-7-4-3-5-8-20/h3-11,14,17-19H,12-13,15-16H2,1-2H3,(H,32,33,34)/t19-/m0/s1. The summed E-state index contributed by atoms with van der Waals surface area (Å²) in [7, 11) is 0. The van der Waals surface area contributed by atoms with Crippen molar-refractivity contribution >= 4 is 22.4 Å². The normalized spacial score (nSPS) is 15.5. The zero-order valence-electron chi connectivity index (χ0n) is 20.7. The van der Waals surface area contributed by atoms with Crippen molar-refractivity contribution in [1.29, 1.82) is 0 Å². The second-order valence-corrected chi connectivity index (χ2v) is 10.4. The number of halogens is 3. The lowest BCUT2D eigenvalue weighted by Gasteiger charge is -2.29. The Morgan fingerprint density at radius 3 is 2.49 bits per heavy atom. The average molecular weight is 524 g/mol. The molecule has 2 aromatic carbocycles. The van der Waals surface area contributed by atoms with Crippen LogP contribution in [-0.2, 0) is 6.18 Å². The van der Waals surface area contributed by atoms with Crippen LogP contribution < -0.4 is 10.2 Å². The number of benzene rings is 2. The van der Waals surface area contributed by atoms with Crippen LogP contribution in [0, 0.1) is 5.92 Å². The van der Waals surface area contributed by atoms with Gasteiger partial charge in [-0.3, -0.25) is 0 Å². The van der Waals surface area contributed by atoms with Crippen LogP contribution in [0.1, 0.15) is 43.9 Å². The molecule has 0 bridgehead atoms. The molecule has 0 amide bonds. The van der Waals surface area contributed by atoms with Gasteiger partial charge in [-0.05, 0) is 49.4 Å². The van der Waals surface area contributed by atoms with Gasteiger partial charge in [0.2, 0.25) is 5.95 Å². The van der Waals surface area contributed by atoms with Crippen LogP contribution in [0.3, 0.4) is 0 Å². The molecule has 1 atom stereocenters. The molecule has 4 aromatic rings. The zero-order valence-corrected chi connectivity index (χ0v) is 21.5. The van der Waals surface area contributed by atoms with Gasteiger partial charge in [-0.2, -0.15) is 13.2 Å². The molecule has 1 saturated heterocycles. The number of rotatable bonds is 6. The van der Waals surface area contributed by atoms with Crippen molar-refractivity contribution in [2.45, 2.75) is 38.9 Å². The molecule has 0 spiro atoms. The summed E-state index contributed by atoms with van der Waals surface area (Å²) in [6.45, 7) is 6.02. The third-order valence-electron chi connectivity index (χ3n) is 6.67. The predicted octanol–water partition coefficient (Wildman–Crippen LogP) is 7.70. The summed E-state index contributed by atoms with van der Waals surface area (Å²) in [4.78, 5) is 16.9. The van der Waals surface area contributed by atoms with Gasteiger partial charge in [-0.25, -0.2) is 15.0 Å². The fourth-order valence-electron chi connectivity index (χ4n) is 4.43. The first kappa shape index (κ1) is 25.2. The van der Waals surface area contributed by atoms with E-state index >= 15 is 0 Å². The monoisotopic (exact) mass is 523 g/mol. The van der Waals surface area contributed by atoms with Crippen LogP contribution in [0.15, 0.2) is 66.9 Å². The van der Waals surface area contributed by atoms with Gasteiger partial charge in [-0.15, -0.1) is 0 Å². The fraction of sp³-hybridized carbons (Fsp3) is 0.321. The molecule has 37 heavy (non-hydrogen) atoms. The number of hydrogen-bond acceptors (Lipinski definition) is 6. The molecule has 192 valence electrons. The number of piperidine rings is 1. The van der Waals surface area contributed by atoms with Gasteiger partial charge in [0.15, 0.2) is 5.13 Å². The second-order valence-electron chi connectivity index (χ2n) is 9.46. The number of alkyl halides is 3. The number of nitrogens with one attached hydrogen (secondary N) is 1. The largest absolute Gasteiger partial charge is 0.416 e. The maximum absolute atomic E-state index is 13.5. The van der Waals surface area contributed by atoms with E-state index in [1.807, 2.05) is 37.3 Å². The third-order valence-corrected chi connectivity index (χ3v) is 7.81. The summed E-state index contributed by atoms with van der Waals surface area (Å²) in [5.74, 6) is 1.10. The maximum atomic E-state index is 13.5. The van der Waals surface area contributed by atoms with Crippen molar-refractivity contribution in [2.75, 3.05) is 23.3 Å². The molecule has 1 fully saturated rings. The molecule has 3 heterocycles. The predicted molar refractivity (Wildman–Crippen MR) is 143 cm³/mol. The average Bonchev–Trinajstić information content (AvgIpc) is 3.35. The van der Waals surface area contributed by atoms with Gasteiger partial charge in [-0.1, -0.05) is 60.7 Å². The summed E-state index contributed by atoms with van der Waals surface area (Å²) in [5, 5.41) is 4.14. The molecule has 1 N–H and O–H groups in total. The highest BCUT2D eigenvalue weighted by molar-refractivity contribution is 7.19. The van der Waals surface area contributed by atoms with E-state index in [1.54, 1.807) is 18.3 Å². The minimum atomic E-state index is -4.43. The molecular weight excluding hydrogens is 495 g/mol. The minimum Gasteiger partial charge on any atom is -0.348 e. The minimum absolute atomic E-state index is 0.0215. The number of hydrogen-bond donors (Lipinski definition) is 1. The summed E-state index contributed by atoms with van der Waals surface area (Å²) >= 11 is 1.47. The van der Waals surface area contributed by atoms with Gasteiger partial charge in [0.1, 0.15) is 0 Å². The molecule has 1 aliphatic heterocycles. The quantitative estimate of drug-likeness (QED) is 0.281. The Bertz CT molecular complexity index is 1350. The van der Waals surface area contributed by atoms with Crippen LogP contribution in [0.4, 0.5) is 24.3 Å². The van der Waals surface area contributed by atoms with Gasteiger partial charge < -0.3 is 10.2 Å². The number of nitrogens with zero attached hydrogens (tertiary/aromatic N) is 4. The Hall–Kier alpha value is -3.46. The van der Waals surface area contributed by atoms with E-state index < -0.39 is 11.7 Å². The van der Waals surface area contributed by atoms with Crippen molar-refractivity contribution in [3.05, 3.63) is 78.0 Å². The highest BCUT2D eigenvalue weighted by atomic mass is 32.1. The van der Waals surface area contributed by atoms with Gasteiger partial charge in [0.05, 0.1) is 27.9 Å². The lowest BCUT2D eigenvalue weighted by atomic mass is 10.00. The fourth-order valence-corrected chi connectivity index (χ4v) is 5.54. The number of thiazole rings is 1. The molecule has 5 nitrogen and oxygen atoms in total. The van der Waals surface area contributed by atoms with Crippen LogP contribution in [0.25, 0.3) is 21.8 Å². The van der Waals surface area contributed by atoms with Crippen LogP contribution in [0.2, 0.25) is 0 Å². The molecule has 0 unspecified atom stereocenters. The van der Waals surface area contributed by atoms with Crippen molar-refractivity contribution in [3.8, 4) is 21.8 Å². The Kier molecular flexibility index (Phi) is 7.15. The summed E-state index contributed by atoms with van der Waals surface area (Å²) < 4.78 is 40.5. The first-order valence-electron chi connectivity index (χ1n) is 12.4. The van der Waals surface area contributed by atoms with E-state index in [4.69, 9.17) is 9.97 Å². The van der Waals surface area contributed by atoms with E-state index in [9.17, 15) is 13.2 Å². The summed E-state index contributed by atoms with van der Waals surface area (Å²) in [5.41, 5.74) is 1.95. The molecule has 1 aliphatic rings. The smallest absolute Gasteiger partial charge is 0.348 e. The molecule has 0 radical (unpaired) electrons. The summed E-state index contributed by atoms with van der Waals surface area (Å²) in [6.07, 6.45) is -0.641. The van der Waals surface area contributed by atoms with Crippen molar-refractivity contribution in [3.63, 3.8) is 0 Å². The maximum Gasteiger partial charge on any atom is 0.416 e. The van der Waals surface area contributed by atoms with E-state index in [0.717, 1.165) is 47.6 Å². The lowest BCUT2D eigenvalue weighted by Crippen LogP contribution is -2.32. The Labute approximate surface area is 218 Å². The molecule has 0 saturated carbocycles. The Morgan fingerprint density at radius 1 is 1.00 bits per heavy atom. The Balaban J connectivity index is 1.53. The zero-order chi connectivity index (χ0) is 26.0. The van der Waals surface area contributed by atoms with E-state index in [1.165, 1.54) is 23.5 Å². The van der Waals surface area contributed by atoms with Crippen molar-refractivity contribution < 1.29 is 13.2 Å². The molecule has 5 rings (SSSR count).